The lowest BCUT2D eigenvalue weighted by atomic mass is 10.1. The molecule has 1 atom stereocenters. The molecule has 0 aliphatic heterocycles. The number of aromatic nitrogens is 1. The fraction of sp³-hybridized carbons (Fsp3) is 0.0952. The molecule has 0 aliphatic carbocycles. The lowest BCUT2D eigenvalue weighted by molar-refractivity contribution is -0.129. The summed E-state index contributed by atoms with van der Waals surface area (Å²) in [4.78, 5) is 25.5. The number of benzene rings is 2. The minimum Gasteiger partial charge on any atom is -0.478 e. The number of carbonyl (C=O) groups is 2. The second-order valence-electron chi connectivity index (χ2n) is 5.56. The monoisotopic (exact) mass is 364 g/mol. The third-order valence-corrected chi connectivity index (χ3v) is 3.58. The maximum absolute atomic E-state index is 11.8. The smallest absolute Gasteiger partial charge is 0.337 e. The number of hydrogen-bond donors (Lipinski definition) is 3. The minimum atomic E-state index is -1.12. The summed E-state index contributed by atoms with van der Waals surface area (Å²) in [5, 5.41) is 20.9. The van der Waals surface area contributed by atoms with Gasteiger partial charge in [0.25, 0.3) is 5.91 Å². The number of amides is 1. The Kier molecular flexibility index (Phi) is 7.68. The van der Waals surface area contributed by atoms with Crippen molar-refractivity contribution in [3.63, 3.8) is 0 Å². The van der Waals surface area contributed by atoms with Gasteiger partial charge in [0, 0.05) is 18.9 Å². The lowest BCUT2D eigenvalue weighted by Crippen LogP contribution is -2.28. The van der Waals surface area contributed by atoms with Gasteiger partial charge in [-0.05, 0) is 23.3 Å². The van der Waals surface area contributed by atoms with Crippen molar-refractivity contribution in [2.24, 2.45) is 0 Å². The van der Waals surface area contributed by atoms with E-state index in [9.17, 15) is 14.7 Å². The van der Waals surface area contributed by atoms with Gasteiger partial charge >= 0.3 is 5.97 Å². The largest absolute Gasteiger partial charge is 0.478 e. The molecule has 0 spiro atoms. The van der Waals surface area contributed by atoms with Crippen molar-refractivity contribution in [1.29, 1.82) is 0 Å². The van der Waals surface area contributed by atoms with Crippen LogP contribution < -0.4 is 5.32 Å². The summed E-state index contributed by atoms with van der Waals surface area (Å²) in [7, 11) is 0. The molecule has 2 aromatic carbocycles. The molecule has 138 valence electrons. The summed E-state index contributed by atoms with van der Waals surface area (Å²) in [5.74, 6) is -1.33. The molecule has 0 aliphatic rings. The van der Waals surface area contributed by atoms with Gasteiger partial charge in [0.05, 0.1) is 5.56 Å². The molecule has 0 saturated heterocycles. The van der Waals surface area contributed by atoms with Crippen LogP contribution in [0.3, 0.4) is 0 Å². The Morgan fingerprint density at radius 2 is 1.56 bits per heavy atom. The molecule has 0 saturated carbocycles. The molecular formula is C21H20N2O4. The first kappa shape index (κ1) is 19.8. The van der Waals surface area contributed by atoms with Gasteiger partial charge in [-0.2, -0.15) is 0 Å². The SMILES string of the molecule is O=C(NCc1ccccc1)C(O)c1ccccc1.O=C(O)c1cccnc1. The topological polar surface area (TPSA) is 99.5 Å². The number of carbonyl (C=O) groups excluding carboxylic acids is 1. The molecular weight excluding hydrogens is 344 g/mol. The highest BCUT2D eigenvalue weighted by molar-refractivity contribution is 5.86. The Bertz CT molecular complexity index is 840. The Hall–Kier alpha value is -3.51. The van der Waals surface area contributed by atoms with Crippen molar-refractivity contribution in [2.45, 2.75) is 12.6 Å². The van der Waals surface area contributed by atoms with Crippen molar-refractivity contribution in [2.75, 3.05) is 0 Å². The maximum Gasteiger partial charge on any atom is 0.337 e. The zero-order chi connectivity index (χ0) is 19.5. The van der Waals surface area contributed by atoms with Crippen molar-refractivity contribution in [3.8, 4) is 0 Å². The van der Waals surface area contributed by atoms with Gasteiger partial charge in [-0.15, -0.1) is 0 Å². The predicted molar refractivity (Wildman–Crippen MR) is 101 cm³/mol. The van der Waals surface area contributed by atoms with E-state index in [0.29, 0.717) is 12.1 Å². The summed E-state index contributed by atoms with van der Waals surface area (Å²) in [6.07, 6.45) is 1.73. The Labute approximate surface area is 157 Å². The Balaban J connectivity index is 0.000000244. The molecule has 6 heteroatoms. The molecule has 3 N–H and O–H groups in total. The Morgan fingerprint density at radius 1 is 0.926 bits per heavy atom. The highest BCUT2D eigenvalue weighted by atomic mass is 16.4. The number of aliphatic hydroxyl groups is 1. The van der Waals surface area contributed by atoms with Crippen LogP contribution in [-0.2, 0) is 11.3 Å². The first-order valence-electron chi connectivity index (χ1n) is 8.26. The van der Waals surface area contributed by atoms with Gasteiger partial charge in [-0.25, -0.2) is 4.79 Å². The molecule has 3 rings (SSSR count). The number of nitrogens with one attached hydrogen (secondary N) is 1. The van der Waals surface area contributed by atoms with Crippen LogP contribution in [-0.4, -0.2) is 27.1 Å². The van der Waals surface area contributed by atoms with Gasteiger partial charge < -0.3 is 15.5 Å². The van der Waals surface area contributed by atoms with Gasteiger partial charge in [0.15, 0.2) is 6.10 Å². The number of nitrogens with zero attached hydrogens (tertiary/aromatic N) is 1. The summed E-state index contributed by atoms with van der Waals surface area (Å²) >= 11 is 0. The minimum absolute atomic E-state index is 0.220. The molecule has 1 aromatic heterocycles. The first-order chi connectivity index (χ1) is 13.1. The second-order valence-corrected chi connectivity index (χ2v) is 5.56. The van der Waals surface area contributed by atoms with Crippen molar-refractivity contribution < 1.29 is 19.8 Å². The average molecular weight is 364 g/mol. The highest BCUT2D eigenvalue weighted by Gasteiger charge is 2.16. The number of carboxylic acid groups (broad SMARTS) is 1. The molecule has 6 nitrogen and oxygen atoms in total. The van der Waals surface area contributed by atoms with Crippen LogP contribution in [0.15, 0.2) is 85.2 Å². The quantitative estimate of drug-likeness (QED) is 0.646. The number of aromatic carboxylic acids is 1. The third kappa shape index (κ3) is 6.72. The summed E-state index contributed by atoms with van der Waals surface area (Å²) in [6.45, 7) is 0.420. The van der Waals surface area contributed by atoms with E-state index in [1.54, 1.807) is 30.3 Å². The number of rotatable bonds is 5. The summed E-state index contributed by atoms with van der Waals surface area (Å²) in [5.41, 5.74) is 1.83. The van der Waals surface area contributed by atoms with E-state index in [4.69, 9.17) is 5.11 Å². The normalized spacial score (nSPS) is 10.9. The predicted octanol–water partition coefficient (Wildman–Crippen LogP) is 2.82. The fourth-order valence-electron chi connectivity index (χ4n) is 2.16. The van der Waals surface area contributed by atoms with Crippen molar-refractivity contribution in [3.05, 3.63) is 102 Å². The maximum atomic E-state index is 11.8. The van der Waals surface area contributed by atoms with Crippen LogP contribution in [0.25, 0.3) is 0 Å². The summed E-state index contributed by atoms with van der Waals surface area (Å²) < 4.78 is 0. The van der Waals surface area contributed by atoms with Crippen LogP contribution in [0.5, 0.6) is 0 Å². The van der Waals surface area contributed by atoms with E-state index in [1.807, 2.05) is 36.4 Å². The van der Waals surface area contributed by atoms with Crippen LogP contribution >= 0.6 is 0 Å². The van der Waals surface area contributed by atoms with E-state index in [0.717, 1.165) is 5.56 Å². The first-order valence-corrected chi connectivity index (χ1v) is 8.26. The van der Waals surface area contributed by atoms with Crippen molar-refractivity contribution in [1.82, 2.24) is 10.3 Å². The molecule has 3 aromatic rings. The number of aliphatic hydroxyl groups excluding tert-OH is 1. The fourth-order valence-corrected chi connectivity index (χ4v) is 2.16. The molecule has 0 fully saturated rings. The molecule has 27 heavy (non-hydrogen) atoms. The van der Waals surface area contributed by atoms with Crippen LogP contribution in [0.4, 0.5) is 0 Å². The van der Waals surface area contributed by atoms with Crippen LogP contribution in [0, 0.1) is 0 Å². The van der Waals surface area contributed by atoms with Gasteiger partial charge in [-0.1, -0.05) is 60.7 Å². The van der Waals surface area contributed by atoms with Crippen LogP contribution in [0.1, 0.15) is 27.6 Å². The van der Waals surface area contributed by atoms with E-state index in [2.05, 4.69) is 10.3 Å². The number of hydrogen-bond acceptors (Lipinski definition) is 4. The molecule has 0 bridgehead atoms. The molecule has 1 amide bonds. The zero-order valence-corrected chi connectivity index (χ0v) is 14.5. The van der Waals surface area contributed by atoms with E-state index < -0.39 is 12.1 Å². The van der Waals surface area contributed by atoms with E-state index in [1.165, 1.54) is 18.5 Å². The molecule has 0 radical (unpaired) electrons. The van der Waals surface area contributed by atoms with Crippen molar-refractivity contribution >= 4 is 11.9 Å². The van der Waals surface area contributed by atoms with E-state index in [-0.39, 0.29) is 11.5 Å². The third-order valence-electron chi connectivity index (χ3n) is 3.58. The highest BCUT2D eigenvalue weighted by Crippen LogP contribution is 2.12. The average Bonchev–Trinajstić information content (AvgIpc) is 2.74. The number of carboxylic acids is 1. The Morgan fingerprint density at radius 3 is 2.07 bits per heavy atom. The number of pyridine rings is 1. The summed E-state index contributed by atoms with van der Waals surface area (Å²) in [6, 6.07) is 21.6. The molecule has 1 unspecified atom stereocenters. The standard InChI is InChI=1S/C15H15NO2.C6H5NO2/c17-14(13-9-5-2-6-10-13)15(18)16-11-12-7-3-1-4-8-12;8-6(9)5-2-1-3-7-4-5/h1-10,14,17H,11H2,(H,16,18);1-4H,(H,8,9). The second kappa shape index (κ2) is 10.5. The van der Waals surface area contributed by atoms with Gasteiger partial charge in [-0.3, -0.25) is 9.78 Å². The van der Waals surface area contributed by atoms with Gasteiger partial charge in [0.1, 0.15) is 0 Å². The molecule has 1 heterocycles. The zero-order valence-electron chi connectivity index (χ0n) is 14.5. The van der Waals surface area contributed by atoms with Gasteiger partial charge in [0.2, 0.25) is 0 Å². The van der Waals surface area contributed by atoms with Crippen LogP contribution in [0.2, 0.25) is 0 Å². The van der Waals surface area contributed by atoms with E-state index >= 15 is 0 Å². The lowest BCUT2D eigenvalue weighted by Gasteiger charge is -2.11.